The molecule has 1 aliphatic carbocycles. The van der Waals surface area contributed by atoms with Crippen molar-refractivity contribution in [1.82, 2.24) is 14.9 Å². The average molecular weight is 333 g/mol. The molecular formula is C17H17F2N3O2. The number of hydrogen-bond acceptors (Lipinski definition) is 3. The van der Waals surface area contributed by atoms with E-state index in [4.69, 9.17) is 0 Å². The Morgan fingerprint density at radius 2 is 2.21 bits per heavy atom. The van der Waals surface area contributed by atoms with Crippen LogP contribution in [0.1, 0.15) is 36.4 Å². The van der Waals surface area contributed by atoms with Crippen LogP contribution < -0.4 is 10.9 Å². The smallest absolute Gasteiger partial charge is 0.253 e. The molecule has 5 nitrogen and oxygen atoms in total. The van der Waals surface area contributed by atoms with Crippen LogP contribution in [0.4, 0.5) is 8.78 Å². The molecule has 0 saturated heterocycles. The predicted molar refractivity (Wildman–Crippen MR) is 83.3 cm³/mol. The third-order valence-corrected chi connectivity index (χ3v) is 4.20. The van der Waals surface area contributed by atoms with Crippen LogP contribution in [-0.4, -0.2) is 15.5 Å². The van der Waals surface area contributed by atoms with Gasteiger partial charge in [-0.2, -0.15) is 0 Å². The number of carbonyl (C=O) groups excluding carboxylic acids is 1. The topological polar surface area (TPSA) is 64.0 Å². The molecule has 0 unspecified atom stereocenters. The van der Waals surface area contributed by atoms with E-state index in [-0.39, 0.29) is 24.4 Å². The summed E-state index contributed by atoms with van der Waals surface area (Å²) in [7, 11) is 0. The molecule has 0 bridgehead atoms. The number of hydrogen-bond donors (Lipinski definition) is 1. The first-order valence-electron chi connectivity index (χ1n) is 7.82. The Kier molecular flexibility index (Phi) is 4.69. The molecular weight excluding hydrogens is 316 g/mol. The van der Waals surface area contributed by atoms with Gasteiger partial charge in [0.05, 0.1) is 12.4 Å². The Labute approximate surface area is 137 Å². The highest BCUT2D eigenvalue weighted by molar-refractivity contribution is 5.76. The summed E-state index contributed by atoms with van der Waals surface area (Å²) in [6, 6.07) is 3.07. The van der Waals surface area contributed by atoms with Crippen LogP contribution in [0.15, 0.2) is 35.5 Å². The number of amides is 1. The van der Waals surface area contributed by atoms with E-state index in [0.717, 1.165) is 12.5 Å². The number of fused-ring (bicyclic) bond motifs is 1. The fraction of sp³-hybridized carbons (Fsp3) is 0.353. The number of nitrogens with one attached hydrogen (secondary N) is 1. The molecule has 0 spiro atoms. The summed E-state index contributed by atoms with van der Waals surface area (Å²) >= 11 is 0. The van der Waals surface area contributed by atoms with Gasteiger partial charge >= 0.3 is 0 Å². The second-order valence-corrected chi connectivity index (χ2v) is 5.83. The molecule has 0 saturated carbocycles. The van der Waals surface area contributed by atoms with Crippen LogP contribution in [0.5, 0.6) is 0 Å². The van der Waals surface area contributed by atoms with E-state index in [0.29, 0.717) is 24.0 Å². The van der Waals surface area contributed by atoms with Gasteiger partial charge in [-0.25, -0.2) is 13.8 Å². The number of halogens is 2. The van der Waals surface area contributed by atoms with Gasteiger partial charge in [-0.15, -0.1) is 0 Å². The van der Waals surface area contributed by atoms with Crippen molar-refractivity contribution >= 4 is 5.91 Å². The molecule has 1 aliphatic rings. The summed E-state index contributed by atoms with van der Waals surface area (Å²) in [4.78, 5) is 27.5. The fourth-order valence-corrected chi connectivity index (χ4v) is 3.02. The third kappa shape index (κ3) is 3.50. The lowest BCUT2D eigenvalue weighted by Gasteiger charge is -2.27. The molecule has 1 atom stereocenters. The van der Waals surface area contributed by atoms with E-state index in [2.05, 4.69) is 10.3 Å². The highest BCUT2D eigenvalue weighted by Gasteiger charge is 2.25. The molecule has 0 fully saturated rings. The number of benzene rings is 1. The van der Waals surface area contributed by atoms with Gasteiger partial charge in [0.1, 0.15) is 11.6 Å². The predicted octanol–water partition coefficient (Wildman–Crippen LogP) is 2.11. The Balaban J connectivity index is 1.68. The van der Waals surface area contributed by atoms with Crippen molar-refractivity contribution in [3.63, 3.8) is 0 Å². The quantitative estimate of drug-likeness (QED) is 0.932. The minimum atomic E-state index is -0.644. The zero-order valence-electron chi connectivity index (χ0n) is 13.0. The first kappa shape index (κ1) is 16.3. The molecule has 0 aliphatic heterocycles. The monoisotopic (exact) mass is 333 g/mol. The van der Waals surface area contributed by atoms with Gasteiger partial charge in [0.25, 0.3) is 5.56 Å². The minimum absolute atomic E-state index is 0.0925. The maximum absolute atomic E-state index is 13.9. The van der Waals surface area contributed by atoms with Gasteiger partial charge in [0.2, 0.25) is 5.91 Å². The maximum Gasteiger partial charge on any atom is 0.253 e. The molecule has 0 radical (unpaired) electrons. The molecule has 2 aromatic rings. The van der Waals surface area contributed by atoms with Crippen molar-refractivity contribution in [2.24, 2.45) is 0 Å². The van der Waals surface area contributed by atoms with Gasteiger partial charge in [-0.05, 0) is 36.5 Å². The zero-order valence-corrected chi connectivity index (χ0v) is 13.0. The molecule has 1 aromatic carbocycles. The van der Waals surface area contributed by atoms with E-state index in [1.54, 1.807) is 0 Å². The minimum Gasteiger partial charge on any atom is -0.349 e. The molecule has 1 amide bonds. The summed E-state index contributed by atoms with van der Waals surface area (Å²) in [6.07, 6.45) is 4.75. The van der Waals surface area contributed by atoms with Crippen LogP contribution in [0.2, 0.25) is 0 Å². The van der Waals surface area contributed by atoms with E-state index in [9.17, 15) is 18.4 Å². The molecule has 7 heteroatoms. The lowest BCUT2D eigenvalue weighted by Crippen LogP contribution is -2.32. The fourth-order valence-electron chi connectivity index (χ4n) is 3.02. The first-order chi connectivity index (χ1) is 11.5. The number of carbonyl (C=O) groups is 1. The summed E-state index contributed by atoms with van der Waals surface area (Å²) < 4.78 is 28.7. The summed E-state index contributed by atoms with van der Waals surface area (Å²) in [5.74, 6) is -1.48. The SMILES string of the molecule is O=C(CCn1cnccc1=O)N[C@@H]1CCCc2c(F)cc(F)cc21. The van der Waals surface area contributed by atoms with Gasteiger partial charge < -0.3 is 5.32 Å². The largest absolute Gasteiger partial charge is 0.349 e. The third-order valence-electron chi connectivity index (χ3n) is 4.20. The lowest BCUT2D eigenvalue weighted by atomic mass is 9.87. The van der Waals surface area contributed by atoms with Crippen molar-refractivity contribution in [1.29, 1.82) is 0 Å². The van der Waals surface area contributed by atoms with Crippen LogP contribution in [0.25, 0.3) is 0 Å². The number of aryl methyl sites for hydroxylation is 1. The van der Waals surface area contributed by atoms with Crippen molar-refractivity contribution in [2.45, 2.75) is 38.3 Å². The first-order valence-corrected chi connectivity index (χ1v) is 7.82. The zero-order chi connectivity index (χ0) is 17.1. The van der Waals surface area contributed by atoms with Crippen molar-refractivity contribution in [3.8, 4) is 0 Å². The van der Waals surface area contributed by atoms with Crippen LogP contribution in [-0.2, 0) is 17.8 Å². The second kappa shape index (κ2) is 6.90. The van der Waals surface area contributed by atoms with E-state index in [1.807, 2.05) is 0 Å². The molecule has 24 heavy (non-hydrogen) atoms. The molecule has 3 rings (SSSR count). The average Bonchev–Trinajstić information content (AvgIpc) is 2.55. The van der Waals surface area contributed by atoms with Gasteiger partial charge in [-0.3, -0.25) is 14.2 Å². The molecule has 126 valence electrons. The summed E-state index contributed by atoms with van der Waals surface area (Å²) in [6.45, 7) is 0.204. The van der Waals surface area contributed by atoms with E-state index in [1.165, 1.54) is 29.2 Å². The number of nitrogens with zero attached hydrogens (tertiary/aromatic N) is 2. The van der Waals surface area contributed by atoms with Crippen molar-refractivity contribution in [2.75, 3.05) is 0 Å². The van der Waals surface area contributed by atoms with Crippen molar-refractivity contribution < 1.29 is 13.6 Å². The highest BCUT2D eigenvalue weighted by atomic mass is 19.1. The number of aromatic nitrogens is 2. The Morgan fingerprint density at radius 1 is 1.38 bits per heavy atom. The Bertz CT molecular complexity index is 820. The van der Waals surface area contributed by atoms with Crippen molar-refractivity contribution in [3.05, 3.63) is 63.8 Å². The molecule has 1 heterocycles. The Hall–Kier alpha value is -2.57. The van der Waals surface area contributed by atoms with Crippen LogP contribution in [0, 0.1) is 11.6 Å². The van der Waals surface area contributed by atoms with Crippen LogP contribution in [0.3, 0.4) is 0 Å². The lowest BCUT2D eigenvalue weighted by molar-refractivity contribution is -0.122. The highest BCUT2D eigenvalue weighted by Crippen LogP contribution is 2.32. The summed E-state index contributed by atoms with van der Waals surface area (Å²) in [5, 5.41) is 2.81. The standard InChI is InChI=1S/C17H17F2N3O2/c18-11-8-13-12(14(19)9-11)2-1-3-15(13)21-16(23)5-7-22-10-20-6-4-17(22)24/h4,6,8-10,15H,1-3,5,7H2,(H,21,23)/t15-/m1/s1. The maximum atomic E-state index is 13.9. The van der Waals surface area contributed by atoms with Gasteiger partial charge in [0, 0.05) is 31.3 Å². The van der Waals surface area contributed by atoms with Gasteiger partial charge in [0.15, 0.2) is 0 Å². The molecule has 1 aromatic heterocycles. The summed E-state index contributed by atoms with van der Waals surface area (Å²) in [5.41, 5.74) is 0.743. The Morgan fingerprint density at radius 3 is 3.00 bits per heavy atom. The second-order valence-electron chi connectivity index (χ2n) is 5.83. The van der Waals surface area contributed by atoms with E-state index < -0.39 is 17.7 Å². The molecule has 1 N–H and O–H groups in total. The van der Waals surface area contributed by atoms with Crippen LogP contribution >= 0.6 is 0 Å². The van der Waals surface area contributed by atoms with Gasteiger partial charge in [-0.1, -0.05) is 0 Å². The van der Waals surface area contributed by atoms with E-state index >= 15 is 0 Å². The normalized spacial score (nSPS) is 16.5. The number of rotatable bonds is 4.